The molecule has 0 amide bonds. The van der Waals surface area contributed by atoms with Gasteiger partial charge in [-0.1, -0.05) is 0 Å². The third-order valence-electron chi connectivity index (χ3n) is 2.80. The molecule has 16 heavy (non-hydrogen) atoms. The average molecular weight is 231 g/mol. The SMILES string of the molecule is CCOC(=O)COCC12COCN1COC2. The van der Waals surface area contributed by atoms with Crippen molar-refractivity contribution in [3.8, 4) is 0 Å². The van der Waals surface area contributed by atoms with E-state index in [0.717, 1.165) is 0 Å². The van der Waals surface area contributed by atoms with Gasteiger partial charge in [-0.05, 0) is 6.92 Å². The lowest BCUT2D eigenvalue weighted by atomic mass is 10.0. The summed E-state index contributed by atoms with van der Waals surface area (Å²) in [5.74, 6) is -0.330. The van der Waals surface area contributed by atoms with E-state index in [1.165, 1.54) is 0 Å². The van der Waals surface area contributed by atoms with Gasteiger partial charge < -0.3 is 18.9 Å². The van der Waals surface area contributed by atoms with Crippen molar-refractivity contribution in [2.45, 2.75) is 12.5 Å². The number of fused-ring (bicyclic) bond motifs is 1. The van der Waals surface area contributed by atoms with Crippen LogP contribution in [0.2, 0.25) is 0 Å². The van der Waals surface area contributed by atoms with Gasteiger partial charge in [0.1, 0.15) is 20.1 Å². The van der Waals surface area contributed by atoms with Crippen molar-refractivity contribution in [1.29, 1.82) is 0 Å². The number of nitrogens with zero attached hydrogens (tertiary/aromatic N) is 1. The fourth-order valence-electron chi connectivity index (χ4n) is 1.93. The van der Waals surface area contributed by atoms with Gasteiger partial charge in [0.25, 0.3) is 0 Å². The summed E-state index contributed by atoms with van der Waals surface area (Å²) in [5, 5.41) is 0. The van der Waals surface area contributed by atoms with Crippen LogP contribution in [0.15, 0.2) is 0 Å². The van der Waals surface area contributed by atoms with Crippen LogP contribution in [0.3, 0.4) is 0 Å². The second-order valence-corrected chi connectivity index (χ2v) is 4.02. The van der Waals surface area contributed by atoms with Crippen molar-refractivity contribution < 1.29 is 23.7 Å². The van der Waals surface area contributed by atoms with E-state index in [9.17, 15) is 4.79 Å². The molecule has 0 spiro atoms. The molecular formula is C10H17NO5. The van der Waals surface area contributed by atoms with Gasteiger partial charge in [0.15, 0.2) is 0 Å². The summed E-state index contributed by atoms with van der Waals surface area (Å²) < 4.78 is 20.9. The lowest BCUT2D eigenvalue weighted by molar-refractivity contribution is -0.149. The first-order valence-electron chi connectivity index (χ1n) is 5.41. The number of ether oxygens (including phenoxy) is 4. The van der Waals surface area contributed by atoms with Crippen molar-refractivity contribution in [2.75, 3.05) is 46.5 Å². The third kappa shape index (κ3) is 2.35. The lowest BCUT2D eigenvalue weighted by Crippen LogP contribution is -2.47. The highest BCUT2D eigenvalue weighted by Gasteiger charge is 2.46. The summed E-state index contributed by atoms with van der Waals surface area (Å²) >= 11 is 0. The minimum absolute atomic E-state index is 0.0105. The van der Waals surface area contributed by atoms with Crippen LogP contribution >= 0.6 is 0 Å². The van der Waals surface area contributed by atoms with E-state index >= 15 is 0 Å². The highest BCUT2D eigenvalue weighted by molar-refractivity contribution is 5.70. The van der Waals surface area contributed by atoms with Crippen LogP contribution in [-0.4, -0.2) is 62.9 Å². The van der Waals surface area contributed by atoms with Gasteiger partial charge in [0.2, 0.25) is 0 Å². The molecule has 92 valence electrons. The molecule has 0 aromatic carbocycles. The zero-order valence-corrected chi connectivity index (χ0v) is 9.44. The quantitative estimate of drug-likeness (QED) is 0.599. The topological polar surface area (TPSA) is 57.2 Å². The van der Waals surface area contributed by atoms with Gasteiger partial charge in [0, 0.05) is 0 Å². The molecule has 0 aromatic rings. The molecule has 0 bridgehead atoms. The fraction of sp³-hybridized carbons (Fsp3) is 0.900. The van der Waals surface area contributed by atoms with E-state index in [-0.39, 0.29) is 18.1 Å². The van der Waals surface area contributed by atoms with Crippen LogP contribution < -0.4 is 0 Å². The summed E-state index contributed by atoms with van der Waals surface area (Å²) in [6, 6.07) is 0. The second kappa shape index (κ2) is 5.09. The molecule has 0 N–H and O–H groups in total. The van der Waals surface area contributed by atoms with Gasteiger partial charge >= 0.3 is 5.97 Å². The molecule has 0 radical (unpaired) electrons. The smallest absolute Gasteiger partial charge is 0.332 e. The minimum atomic E-state index is -0.330. The van der Waals surface area contributed by atoms with Crippen molar-refractivity contribution in [2.24, 2.45) is 0 Å². The number of carbonyl (C=O) groups excluding carboxylic acids is 1. The maximum atomic E-state index is 11.1. The first-order valence-corrected chi connectivity index (χ1v) is 5.41. The summed E-state index contributed by atoms with van der Waals surface area (Å²) in [6.45, 7) is 4.91. The van der Waals surface area contributed by atoms with Crippen molar-refractivity contribution in [3.05, 3.63) is 0 Å². The molecule has 2 aliphatic rings. The Morgan fingerprint density at radius 1 is 1.38 bits per heavy atom. The fourth-order valence-corrected chi connectivity index (χ4v) is 1.93. The van der Waals surface area contributed by atoms with Crippen LogP contribution in [0, 0.1) is 0 Å². The Hall–Kier alpha value is -0.690. The van der Waals surface area contributed by atoms with Gasteiger partial charge in [-0.25, -0.2) is 9.69 Å². The molecular weight excluding hydrogens is 214 g/mol. The van der Waals surface area contributed by atoms with Gasteiger partial charge in [-0.2, -0.15) is 0 Å². The minimum Gasteiger partial charge on any atom is -0.464 e. The number of rotatable bonds is 5. The van der Waals surface area contributed by atoms with Gasteiger partial charge in [0.05, 0.1) is 32.0 Å². The number of carbonyl (C=O) groups is 1. The van der Waals surface area contributed by atoms with E-state index in [4.69, 9.17) is 18.9 Å². The maximum Gasteiger partial charge on any atom is 0.332 e. The monoisotopic (exact) mass is 231 g/mol. The first kappa shape index (κ1) is 11.8. The molecule has 0 aliphatic carbocycles. The largest absolute Gasteiger partial charge is 0.464 e. The summed E-state index contributed by atoms with van der Waals surface area (Å²) in [5.41, 5.74) is -0.202. The Morgan fingerprint density at radius 2 is 2.06 bits per heavy atom. The van der Waals surface area contributed by atoms with E-state index in [1.54, 1.807) is 6.92 Å². The standard InChI is InChI=1S/C10H17NO5/c1-2-16-9(12)3-13-4-10-5-14-7-11(10)8-15-6-10/h2-8H2,1H3. The Morgan fingerprint density at radius 3 is 2.69 bits per heavy atom. The van der Waals surface area contributed by atoms with Crippen LogP contribution in [0.4, 0.5) is 0 Å². The van der Waals surface area contributed by atoms with Crippen molar-refractivity contribution in [1.82, 2.24) is 4.90 Å². The maximum absolute atomic E-state index is 11.1. The molecule has 0 aromatic heterocycles. The number of hydrogen-bond acceptors (Lipinski definition) is 6. The zero-order valence-electron chi connectivity index (χ0n) is 9.44. The molecule has 6 nitrogen and oxygen atoms in total. The van der Waals surface area contributed by atoms with Crippen LogP contribution in [-0.2, 0) is 23.7 Å². The van der Waals surface area contributed by atoms with Crippen LogP contribution in [0.5, 0.6) is 0 Å². The Bertz CT molecular complexity index is 248. The van der Waals surface area contributed by atoms with Gasteiger partial charge in [-0.15, -0.1) is 0 Å². The molecule has 0 saturated carbocycles. The molecule has 2 fully saturated rings. The van der Waals surface area contributed by atoms with Crippen LogP contribution in [0.1, 0.15) is 6.92 Å². The Labute approximate surface area is 94.4 Å². The molecule has 6 heteroatoms. The Balaban J connectivity index is 1.74. The normalized spacial score (nSPS) is 23.3. The summed E-state index contributed by atoms with van der Waals surface area (Å²) in [7, 11) is 0. The van der Waals surface area contributed by atoms with E-state index < -0.39 is 0 Å². The number of hydrogen-bond donors (Lipinski definition) is 0. The highest BCUT2D eigenvalue weighted by Crippen LogP contribution is 2.28. The second-order valence-electron chi connectivity index (χ2n) is 4.02. The molecule has 0 atom stereocenters. The first-order chi connectivity index (χ1) is 7.77. The van der Waals surface area contributed by atoms with E-state index in [1.807, 2.05) is 0 Å². The summed E-state index contributed by atoms with van der Waals surface area (Å²) in [6.07, 6.45) is 0. The molecule has 0 unspecified atom stereocenters. The molecule has 2 aliphatic heterocycles. The number of esters is 1. The predicted octanol–water partition coefficient (Wildman–Crippen LogP) is -0.418. The van der Waals surface area contributed by atoms with Crippen molar-refractivity contribution in [3.63, 3.8) is 0 Å². The van der Waals surface area contributed by atoms with Crippen LogP contribution in [0.25, 0.3) is 0 Å². The molecule has 2 saturated heterocycles. The third-order valence-corrected chi connectivity index (χ3v) is 2.80. The summed E-state index contributed by atoms with van der Waals surface area (Å²) in [4.78, 5) is 13.2. The Kier molecular flexibility index (Phi) is 3.75. The van der Waals surface area contributed by atoms with E-state index in [0.29, 0.717) is 39.9 Å². The lowest BCUT2D eigenvalue weighted by Gasteiger charge is -2.26. The molecule has 2 rings (SSSR count). The predicted molar refractivity (Wildman–Crippen MR) is 53.7 cm³/mol. The zero-order chi connectivity index (χ0) is 11.4. The van der Waals surface area contributed by atoms with Crippen molar-refractivity contribution >= 4 is 5.97 Å². The average Bonchev–Trinajstić information content (AvgIpc) is 2.76. The highest BCUT2D eigenvalue weighted by atomic mass is 16.6. The van der Waals surface area contributed by atoms with Gasteiger partial charge in [-0.3, -0.25) is 0 Å². The molecule has 2 heterocycles. The van der Waals surface area contributed by atoms with E-state index in [2.05, 4.69) is 4.90 Å².